The number of piperazine rings is 1. The zero-order valence-corrected chi connectivity index (χ0v) is 24.3. The Labute approximate surface area is 253 Å². The molecule has 1 atom stereocenters. The van der Waals surface area contributed by atoms with Crippen LogP contribution in [0, 0.1) is 0 Å². The maximum atomic E-state index is 13.4. The van der Waals surface area contributed by atoms with E-state index < -0.39 is 23.7 Å². The monoisotopic (exact) mass is 603 g/mol. The van der Waals surface area contributed by atoms with Gasteiger partial charge in [-0.05, 0) is 71.3 Å². The minimum atomic E-state index is -4.45. The standard InChI is InChI=1S/C34H32F3N3O4/c1-43-28-16-17-29(23-8-10-25(11-9-23)34(35,36)37)30(22-28)32(41)38-26-12-14-27(15-13-26)39-18-20-40(21-19-39)31(33(42)44-2)24-6-4-3-5-7-24/h3-17,22,31H,18-21H2,1-2H3,(H,38,41). The van der Waals surface area contributed by atoms with Crippen LogP contribution in [0.1, 0.15) is 27.5 Å². The number of hydrogen-bond donors (Lipinski definition) is 1. The van der Waals surface area contributed by atoms with Crippen LogP contribution < -0.4 is 15.0 Å². The van der Waals surface area contributed by atoms with Crippen molar-refractivity contribution in [3.8, 4) is 16.9 Å². The summed E-state index contributed by atoms with van der Waals surface area (Å²) in [5.74, 6) is -0.265. The number of amides is 1. The third-order valence-electron chi connectivity index (χ3n) is 7.70. The van der Waals surface area contributed by atoms with Gasteiger partial charge in [0.15, 0.2) is 0 Å². The molecule has 0 saturated carbocycles. The van der Waals surface area contributed by atoms with Crippen LogP contribution in [-0.4, -0.2) is 57.2 Å². The average Bonchev–Trinajstić information content (AvgIpc) is 3.05. The molecule has 7 nitrogen and oxygen atoms in total. The lowest BCUT2D eigenvalue weighted by molar-refractivity contribution is -0.147. The van der Waals surface area contributed by atoms with E-state index in [1.165, 1.54) is 26.4 Å². The van der Waals surface area contributed by atoms with Crippen molar-refractivity contribution in [3.05, 3.63) is 114 Å². The summed E-state index contributed by atoms with van der Waals surface area (Å²) in [5, 5.41) is 2.89. The van der Waals surface area contributed by atoms with Gasteiger partial charge in [0.2, 0.25) is 0 Å². The van der Waals surface area contributed by atoms with Gasteiger partial charge in [-0.15, -0.1) is 0 Å². The highest BCUT2D eigenvalue weighted by atomic mass is 19.4. The molecule has 0 bridgehead atoms. The molecule has 44 heavy (non-hydrogen) atoms. The highest BCUT2D eigenvalue weighted by molar-refractivity contribution is 6.09. The van der Waals surface area contributed by atoms with Crippen molar-refractivity contribution in [2.24, 2.45) is 0 Å². The second-order valence-corrected chi connectivity index (χ2v) is 10.3. The molecule has 0 spiro atoms. The number of carbonyl (C=O) groups excluding carboxylic acids is 2. The first-order valence-electron chi connectivity index (χ1n) is 14.1. The molecule has 1 N–H and O–H groups in total. The molecule has 1 saturated heterocycles. The molecule has 4 aromatic carbocycles. The van der Waals surface area contributed by atoms with Gasteiger partial charge in [0.05, 0.1) is 25.3 Å². The number of alkyl halides is 3. The van der Waals surface area contributed by atoms with Crippen LogP contribution in [0.25, 0.3) is 11.1 Å². The van der Waals surface area contributed by atoms with Crippen LogP contribution in [0.2, 0.25) is 0 Å². The number of nitrogens with zero attached hydrogens (tertiary/aromatic N) is 2. The number of ether oxygens (including phenoxy) is 2. The van der Waals surface area contributed by atoms with E-state index in [-0.39, 0.29) is 11.5 Å². The van der Waals surface area contributed by atoms with Crippen molar-refractivity contribution >= 4 is 23.3 Å². The number of nitrogens with one attached hydrogen (secondary N) is 1. The molecule has 10 heteroatoms. The zero-order valence-electron chi connectivity index (χ0n) is 24.3. The smallest absolute Gasteiger partial charge is 0.416 e. The maximum Gasteiger partial charge on any atom is 0.416 e. The number of benzene rings is 4. The number of methoxy groups -OCH3 is 2. The molecule has 1 aliphatic rings. The Balaban J connectivity index is 1.27. The lowest BCUT2D eigenvalue weighted by atomic mass is 9.97. The Morgan fingerprint density at radius 3 is 2.07 bits per heavy atom. The van der Waals surface area contributed by atoms with E-state index in [4.69, 9.17) is 9.47 Å². The molecule has 0 aliphatic carbocycles. The minimum Gasteiger partial charge on any atom is -0.497 e. The Bertz CT molecular complexity index is 1590. The fourth-order valence-corrected chi connectivity index (χ4v) is 5.36. The van der Waals surface area contributed by atoms with Crippen molar-refractivity contribution in [2.75, 3.05) is 50.6 Å². The number of rotatable bonds is 8. The summed E-state index contributed by atoms with van der Waals surface area (Å²) in [6.45, 7) is 2.73. The molecule has 1 unspecified atom stereocenters. The van der Waals surface area contributed by atoms with Crippen LogP contribution in [-0.2, 0) is 15.7 Å². The molecular weight excluding hydrogens is 571 g/mol. The van der Waals surface area contributed by atoms with Crippen molar-refractivity contribution in [3.63, 3.8) is 0 Å². The fraction of sp³-hybridized carbons (Fsp3) is 0.235. The molecule has 0 aromatic heterocycles. The van der Waals surface area contributed by atoms with Crippen molar-refractivity contribution < 1.29 is 32.2 Å². The third-order valence-corrected chi connectivity index (χ3v) is 7.70. The van der Waals surface area contributed by atoms with Gasteiger partial charge in [-0.1, -0.05) is 42.5 Å². The molecule has 5 rings (SSSR count). The van der Waals surface area contributed by atoms with Gasteiger partial charge < -0.3 is 19.7 Å². The largest absolute Gasteiger partial charge is 0.497 e. The fourth-order valence-electron chi connectivity index (χ4n) is 5.36. The van der Waals surface area contributed by atoms with E-state index in [2.05, 4.69) is 15.1 Å². The highest BCUT2D eigenvalue weighted by Gasteiger charge is 2.32. The molecule has 4 aromatic rings. The topological polar surface area (TPSA) is 71.1 Å². The summed E-state index contributed by atoms with van der Waals surface area (Å²) < 4.78 is 49.6. The summed E-state index contributed by atoms with van der Waals surface area (Å²) in [6, 6.07) is 26.1. The van der Waals surface area contributed by atoms with Crippen LogP contribution in [0.15, 0.2) is 97.1 Å². The lowest BCUT2D eigenvalue weighted by Gasteiger charge is -2.39. The van der Waals surface area contributed by atoms with E-state index in [9.17, 15) is 22.8 Å². The van der Waals surface area contributed by atoms with Gasteiger partial charge in [0, 0.05) is 37.6 Å². The van der Waals surface area contributed by atoms with Crippen molar-refractivity contribution in [1.82, 2.24) is 4.90 Å². The quantitative estimate of drug-likeness (QED) is 0.227. The third kappa shape index (κ3) is 6.86. The van der Waals surface area contributed by atoms with Crippen LogP contribution >= 0.6 is 0 Å². The van der Waals surface area contributed by atoms with Gasteiger partial charge in [0.25, 0.3) is 5.91 Å². The van der Waals surface area contributed by atoms with Gasteiger partial charge in [-0.2, -0.15) is 13.2 Å². The maximum absolute atomic E-state index is 13.4. The van der Waals surface area contributed by atoms with E-state index in [1.54, 1.807) is 30.3 Å². The first kappa shape index (κ1) is 30.6. The molecule has 228 valence electrons. The minimum absolute atomic E-state index is 0.267. The van der Waals surface area contributed by atoms with Gasteiger partial charge in [-0.3, -0.25) is 9.69 Å². The second kappa shape index (κ2) is 13.2. The molecular formula is C34H32F3N3O4. The van der Waals surface area contributed by atoms with Crippen molar-refractivity contribution in [2.45, 2.75) is 12.2 Å². The summed E-state index contributed by atoms with van der Waals surface area (Å²) in [5.41, 5.74) is 2.89. The normalized spacial score (nSPS) is 14.5. The Hall–Kier alpha value is -4.83. The van der Waals surface area contributed by atoms with E-state index in [0.717, 1.165) is 23.4 Å². The van der Waals surface area contributed by atoms with Gasteiger partial charge in [-0.25, -0.2) is 4.79 Å². The summed E-state index contributed by atoms with van der Waals surface area (Å²) in [4.78, 5) is 30.3. The summed E-state index contributed by atoms with van der Waals surface area (Å²) in [7, 11) is 2.88. The SMILES string of the molecule is COC(=O)C(c1ccccc1)N1CCN(c2ccc(NC(=O)c3cc(OC)ccc3-c3ccc(C(F)(F)F)cc3)cc2)CC1. The van der Waals surface area contributed by atoms with Gasteiger partial charge >= 0.3 is 12.1 Å². The molecule has 1 aliphatic heterocycles. The first-order chi connectivity index (χ1) is 21.2. The van der Waals surface area contributed by atoms with Crippen molar-refractivity contribution in [1.29, 1.82) is 0 Å². The van der Waals surface area contributed by atoms with Crippen LogP contribution in [0.5, 0.6) is 5.75 Å². The first-order valence-corrected chi connectivity index (χ1v) is 14.1. The Morgan fingerprint density at radius 1 is 0.818 bits per heavy atom. The van der Waals surface area contributed by atoms with Crippen LogP contribution in [0.3, 0.4) is 0 Å². The summed E-state index contributed by atoms with van der Waals surface area (Å²) in [6.07, 6.45) is -4.45. The highest BCUT2D eigenvalue weighted by Crippen LogP contribution is 2.33. The molecule has 1 fully saturated rings. The van der Waals surface area contributed by atoms with Crippen LogP contribution in [0.4, 0.5) is 24.5 Å². The van der Waals surface area contributed by atoms with Gasteiger partial charge in [0.1, 0.15) is 11.8 Å². The Morgan fingerprint density at radius 2 is 1.48 bits per heavy atom. The van der Waals surface area contributed by atoms with E-state index in [0.29, 0.717) is 48.7 Å². The number of esters is 1. The number of carbonyl (C=O) groups is 2. The number of halogens is 3. The lowest BCUT2D eigenvalue weighted by Crippen LogP contribution is -2.49. The number of anilines is 2. The average molecular weight is 604 g/mol. The predicted octanol–water partition coefficient (Wildman–Crippen LogP) is 6.67. The zero-order chi connectivity index (χ0) is 31.3. The summed E-state index contributed by atoms with van der Waals surface area (Å²) >= 11 is 0. The predicted molar refractivity (Wildman–Crippen MR) is 163 cm³/mol. The molecule has 0 radical (unpaired) electrons. The molecule has 1 amide bonds. The number of hydrogen-bond acceptors (Lipinski definition) is 6. The Kier molecular flexibility index (Phi) is 9.20. The van der Waals surface area contributed by atoms with E-state index in [1.807, 2.05) is 42.5 Å². The van der Waals surface area contributed by atoms with E-state index >= 15 is 0 Å². The molecule has 1 heterocycles. The second-order valence-electron chi connectivity index (χ2n) is 10.3.